The first kappa shape index (κ1) is 20.7. The molecule has 1 heterocycles. The van der Waals surface area contributed by atoms with E-state index in [1.165, 1.54) is 17.4 Å². The van der Waals surface area contributed by atoms with Crippen LogP contribution in [0.1, 0.15) is 24.2 Å². The summed E-state index contributed by atoms with van der Waals surface area (Å²) < 4.78 is 37.4. The van der Waals surface area contributed by atoms with Crippen LogP contribution in [0.2, 0.25) is 0 Å². The zero-order chi connectivity index (χ0) is 21.0. The Morgan fingerprint density at radius 3 is 2.59 bits per heavy atom. The number of ether oxygens (including phenoxy) is 2. The highest BCUT2D eigenvalue weighted by molar-refractivity contribution is 7.13. The maximum atomic E-state index is 13.9. The quantitative estimate of drug-likeness (QED) is 0.613. The minimum absolute atomic E-state index is 0.0525. The zero-order valence-electron chi connectivity index (χ0n) is 16.2. The average Bonchev–Trinajstić information content (AvgIpc) is 3.15. The first-order chi connectivity index (χ1) is 13.9. The van der Waals surface area contributed by atoms with Crippen LogP contribution in [0.3, 0.4) is 0 Å². The first-order valence-electron chi connectivity index (χ1n) is 8.82. The Labute approximate surface area is 171 Å². The molecular formula is C21H20F2N2O3S. The molecule has 29 heavy (non-hydrogen) atoms. The van der Waals surface area contributed by atoms with Gasteiger partial charge in [0.05, 0.1) is 32.4 Å². The van der Waals surface area contributed by atoms with Gasteiger partial charge in [0.1, 0.15) is 16.6 Å². The van der Waals surface area contributed by atoms with E-state index in [9.17, 15) is 13.6 Å². The van der Waals surface area contributed by atoms with Crippen LogP contribution in [0.5, 0.6) is 11.5 Å². The molecule has 1 amide bonds. The third-order valence-electron chi connectivity index (χ3n) is 4.33. The van der Waals surface area contributed by atoms with Gasteiger partial charge in [-0.05, 0) is 31.2 Å². The van der Waals surface area contributed by atoms with Gasteiger partial charge in [-0.3, -0.25) is 4.79 Å². The molecule has 1 atom stereocenters. The van der Waals surface area contributed by atoms with E-state index < -0.39 is 17.7 Å². The summed E-state index contributed by atoms with van der Waals surface area (Å²) in [5, 5.41) is 5.26. The molecule has 0 saturated heterocycles. The second-order valence-corrected chi connectivity index (χ2v) is 7.20. The number of hydrogen-bond acceptors (Lipinski definition) is 5. The monoisotopic (exact) mass is 418 g/mol. The van der Waals surface area contributed by atoms with E-state index >= 15 is 0 Å². The summed E-state index contributed by atoms with van der Waals surface area (Å²) in [6.45, 7) is 1.64. The molecule has 0 aliphatic carbocycles. The number of nitrogens with one attached hydrogen (secondary N) is 1. The van der Waals surface area contributed by atoms with E-state index in [4.69, 9.17) is 9.47 Å². The number of methoxy groups -OCH3 is 2. The lowest BCUT2D eigenvalue weighted by Gasteiger charge is -2.14. The fraction of sp³-hybridized carbons (Fsp3) is 0.238. The van der Waals surface area contributed by atoms with Gasteiger partial charge in [-0.1, -0.05) is 6.07 Å². The van der Waals surface area contributed by atoms with Gasteiger partial charge < -0.3 is 14.8 Å². The van der Waals surface area contributed by atoms with Crippen molar-refractivity contribution in [3.05, 3.63) is 64.7 Å². The lowest BCUT2D eigenvalue weighted by atomic mass is 10.1. The van der Waals surface area contributed by atoms with Crippen LogP contribution < -0.4 is 14.8 Å². The smallest absolute Gasteiger partial charge is 0.226 e. The van der Waals surface area contributed by atoms with Crippen molar-refractivity contribution in [1.29, 1.82) is 0 Å². The molecule has 1 unspecified atom stereocenters. The van der Waals surface area contributed by atoms with Gasteiger partial charge in [-0.15, -0.1) is 11.3 Å². The van der Waals surface area contributed by atoms with Crippen molar-refractivity contribution in [3.8, 4) is 22.1 Å². The molecule has 3 aromatic rings. The molecule has 3 rings (SSSR count). The SMILES string of the molecule is COc1ccc(-c2nc(CC(=O)NC(C)c3ccc(F)cc3F)cs2)cc1OC. The number of carbonyl (C=O) groups is 1. The van der Waals surface area contributed by atoms with Crippen LogP contribution in [0, 0.1) is 11.6 Å². The van der Waals surface area contributed by atoms with Crippen molar-refractivity contribution in [3.63, 3.8) is 0 Å². The third-order valence-corrected chi connectivity index (χ3v) is 5.27. The highest BCUT2D eigenvalue weighted by atomic mass is 32.1. The second kappa shape index (κ2) is 9.00. The summed E-state index contributed by atoms with van der Waals surface area (Å²) in [6.07, 6.45) is 0.0525. The van der Waals surface area contributed by atoms with Gasteiger partial charge in [0.15, 0.2) is 11.5 Å². The number of halogens is 2. The van der Waals surface area contributed by atoms with Crippen molar-refractivity contribution in [2.75, 3.05) is 14.2 Å². The first-order valence-corrected chi connectivity index (χ1v) is 9.70. The lowest BCUT2D eigenvalue weighted by Crippen LogP contribution is -2.28. The van der Waals surface area contributed by atoms with Crippen LogP contribution in [0.15, 0.2) is 41.8 Å². The van der Waals surface area contributed by atoms with Crippen LogP contribution in [-0.2, 0) is 11.2 Å². The molecule has 1 N–H and O–H groups in total. The fourth-order valence-electron chi connectivity index (χ4n) is 2.88. The maximum Gasteiger partial charge on any atom is 0.226 e. The highest BCUT2D eigenvalue weighted by Gasteiger charge is 2.16. The molecular weight excluding hydrogens is 398 g/mol. The minimum atomic E-state index is -0.692. The highest BCUT2D eigenvalue weighted by Crippen LogP contribution is 2.33. The molecule has 152 valence electrons. The van der Waals surface area contributed by atoms with Gasteiger partial charge >= 0.3 is 0 Å². The molecule has 0 bridgehead atoms. The summed E-state index contributed by atoms with van der Waals surface area (Å²) in [5.41, 5.74) is 1.68. The van der Waals surface area contributed by atoms with Crippen LogP contribution in [0.25, 0.3) is 10.6 Å². The molecule has 0 saturated carbocycles. The number of carbonyl (C=O) groups excluding carboxylic acids is 1. The number of amides is 1. The number of nitrogens with zero attached hydrogens (tertiary/aromatic N) is 1. The fourth-order valence-corrected chi connectivity index (χ4v) is 3.69. The molecule has 8 heteroatoms. The summed E-state index contributed by atoms with van der Waals surface area (Å²) in [4.78, 5) is 16.8. The van der Waals surface area contributed by atoms with Gasteiger partial charge in [0.2, 0.25) is 5.91 Å². The van der Waals surface area contributed by atoms with Crippen molar-refractivity contribution < 1.29 is 23.0 Å². The third kappa shape index (κ3) is 4.89. The van der Waals surface area contributed by atoms with Gasteiger partial charge in [0, 0.05) is 22.6 Å². The van der Waals surface area contributed by atoms with Gasteiger partial charge in [-0.2, -0.15) is 0 Å². The maximum absolute atomic E-state index is 13.9. The van der Waals surface area contributed by atoms with Crippen LogP contribution >= 0.6 is 11.3 Å². The van der Waals surface area contributed by atoms with E-state index in [1.54, 1.807) is 32.6 Å². The number of rotatable bonds is 7. The Balaban J connectivity index is 1.67. The number of aromatic nitrogens is 1. The summed E-state index contributed by atoms with van der Waals surface area (Å²) in [7, 11) is 3.13. The molecule has 1 aromatic heterocycles. The predicted octanol–water partition coefficient (Wildman–Crippen LogP) is 4.53. The molecule has 0 radical (unpaired) electrons. The van der Waals surface area contributed by atoms with E-state index in [-0.39, 0.29) is 17.9 Å². The molecule has 2 aromatic carbocycles. The molecule has 0 aliphatic heterocycles. The molecule has 0 fully saturated rings. The Morgan fingerprint density at radius 1 is 1.14 bits per heavy atom. The lowest BCUT2D eigenvalue weighted by molar-refractivity contribution is -0.121. The second-order valence-electron chi connectivity index (χ2n) is 6.35. The van der Waals surface area contributed by atoms with E-state index in [2.05, 4.69) is 10.3 Å². The van der Waals surface area contributed by atoms with Crippen LogP contribution in [0.4, 0.5) is 8.78 Å². The Morgan fingerprint density at radius 2 is 1.90 bits per heavy atom. The van der Waals surface area contributed by atoms with Crippen LogP contribution in [-0.4, -0.2) is 25.1 Å². The predicted molar refractivity (Wildman–Crippen MR) is 107 cm³/mol. The van der Waals surface area contributed by atoms with Crippen molar-refractivity contribution in [2.45, 2.75) is 19.4 Å². The summed E-state index contributed by atoms with van der Waals surface area (Å²) in [6, 6.07) is 8.18. The topological polar surface area (TPSA) is 60.5 Å². The average molecular weight is 418 g/mol. The largest absolute Gasteiger partial charge is 0.493 e. The Kier molecular flexibility index (Phi) is 6.43. The molecule has 5 nitrogen and oxygen atoms in total. The van der Waals surface area contributed by atoms with Crippen molar-refractivity contribution in [1.82, 2.24) is 10.3 Å². The Bertz CT molecular complexity index is 1020. The number of thiazole rings is 1. The van der Waals surface area contributed by atoms with E-state index in [0.717, 1.165) is 22.7 Å². The molecule has 0 spiro atoms. The Hall–Kier alpha value is -3.00. The number of hydrogen-bond donors (Lipinski definition) is 1. The normalized spacial score (nSPS) is 11.8. The zero-order valence-corrected chi connectivity index (χ0v) is 17.0. The molecule has 0 aliphatic rings. The van der Waals surface area contributed by atoms with Gasteiger partial charge in [0.25, 0.3) is 0 Å². The van der Waals surface area contributed by atoms with Crippen molar-refractivity contribution in [2.24, 2.45) is 0 Å². The van der Waals surface area contributed by atoms with Crippen molar-refractivity contribution >= 4 is 17.2 Å². The summed E-state index contributed by atoms with van der Waals surface area (Å²) in [5.74, 6) is -0.438. The van der Waals surface area contributed by atoms with E-state index in [1.807, 2.05) is 12.1 Å². The van der Waals surface area contributed by atoms with E-state index in [0.29, 0.717) is 17.2 Å². The minimum Gasteiger partial charge on any atom is -0.493 e. The summed E-state index contributed by atoms with van der Waals surface area (Å²) >= 11 is 1.41. The number of benzene rings is 2. The van der Waals surface area contributed by atoms with Gasteiger partial charge in [-0.25, -0.2) is 13.8 Å². The standard InChI is InChI=1S/C21H20F2N2O3S/c1-12(16-6-5-14(22)9-17(16)23)24-20(26)10-15-11-29-21(25-15)13-4-7-18(27-2)19(8-13)28-3/h4-9,11-12H,10H2,1-3H3,(H,24,26).